The van der Waals surface area contributed by atoms with Crippen LogP contribution in [0.4, 0.5) is 0 Å². The van der Waals surface area contributed by atoms with Crippen molar-refractivity contribution in [1.82, 2.24) is 39.9 Å². The van der Waals surface area contributed by atoms with Crippen molar-refractivity contribution in [2.24, 2.45) is 0 Å². The van der Waals surface area contributed by atoms with Crippen molar-refractivity contribution >= 4 is 177 Å². The number of fused-ring (bicyclic) bond motifs is 20. The summed E-state index contributed by atoms with van der Waals surface area (Å²) in [5, 5.41) is 1.38. The first kappa shape index (κ1) is 48.1. The van der Waals surface area contributed by atoms with Crippen LogP contribution in [-0.4, -0.2) is 172 Å². The van der Waals surface area contributed by atoms with Gasteiger partial charge in [-0.25, -0.2) is 29.9 Å². The summed E-state index contributed by atoms with van der Waals surface area (Å²) in [7, 11) is 67.9. The third-order valence-electron chi connectivity index (χ3n) is 16.7. The summed E-state index contributed by atoms with van der Waals surface area (Å²) in [6.45, 7) is -0.891. The van der Waals surface area contributed by atoms with Gasteiger partial charge >= 0.3 is 0 Å². The summed E-state index contributed by atoms with van der Waals surface area (Å²) in [6.07, 6.45) is 1.33. The lowest BCUT2D eigenvalue weighted by Crippen LogP contribution is -2.20. The van der Waals surface area contributed by atoms with E-state index in [1.54, 1.807) is 43.0 Å². The number of nitrogens with zero attached hydrogens (tertiary/aromatic N) is 6. The van der Waals surface area contributed by atoms with Gasteiger partial charge in [0.1, 0.15) is 34.1 Å². The number of nitrogens with one attached hydrogen (secondary N) is 2. The van der Waals surface area contributed by atoms with E-state index >= 15 is 0 Å². The highest BCUT2D eigenvalue weighted by molar-refractivity contribution is 7.30. The predicted octanol–water partition coefficient (Wildman–Crippen LogP) is 3.61. The minimum atomic E-state index is -0.651. The van der Waals surface area contributed by atoms with Crippen molar-refractivity contribution in [3.63, 3.8) is 0 Å². The Balaban J connectivity index is 1.03. The number of aromatic amines is 2. The van der Waals surface area contributed by atoms with E-state index in [9.17, 15) is 0 Å². The minimum absolute atomic E-state index is 0.105. The van der Waals surface area contributed by atoms with Crippen LogP contribution in [0, 0.1) is 0 Å². The second kappa shape index (κ2) is 18.0. The van der Waals surface area contributed by atoms with E-state index in [4.69, 9.17) is 104 Å². The van der Waals surface area contributed by atoms with Gasteiger partial charge in [0.2, 0.25) is 0 Å². The molecule has 74 heavy (non-hydrogen) atoms. The third-order valence-corrected chi connectivity index (χ3v) is 16.7. The minimum Gasteiger partial charge on any atom is -0.457 e. The Hall–Kier alpha value is -5.57. The number of H-pyrrole nitrogens is 2. The molecule has 0 amide bonds. The van der Waals surface area contributed by atoms with Crippen LogP contribution in [0.15, 0.2) is 103 Å². The molecule has 6 atom stereocenters. The molecule has 5 aromatic carbocycles. The van der Waals surface area contributed by atoms with E-state index in [2.05, 4.69) is 22.1 Å². The molecule has 0 spiro atoms. The molecular formula is C47H28B18N8O. The van der Waals surface area contributed by atoms with Crippen molar-refractivity contribution in [2.75, 3.05) is 0 Å². The monoisotopic (exact) mass is 909 g/mol. The van der Waals surface area contributed by atoms with Gasteiger partial charge in [0.05, 0.1) is 41.3 Å². The molecule has 316 valence electrons. The highest BCUT2D eigenvalue weighted by Gasteiger charge is 2.61. The normalized spacial score (nSPS) is 22.9. The Bertz CT molecular complexity index is 3740. The SMILES string of the molecule is [B][10B]C1[10B]([B])C1([10B][B])Cc1cc(CC2([10B][B])[10B]([B])C2[10B][B])c(Oc2ccc3c4nc5nc(nc6nc(nc7[nH]c(nc([nH]4)c3c2)c2ccccc72)-c2ccccc2-6)-c2ccccc2-5)c(CC2([10B][B])[10B]([B])C2[10B][B])c1. The molecule has 27 heteroatoms. The smallest absolute Gasteiger partial charge is 0.164 e. The zero-order chi connectivity index (χ0) is 50.8. The van der Waals surface area contributed by atoms with E-state index < -0.39 is 15.6 Å². The maximum absolute atomic E-state index is 7.26. The van der Waals surface area contributed by atoms with Crippen LogP contribution in [0.5, 0.6) is 11.5 Å². The van der Waals surface area contributed by atoms with Crippen LogP contribution in [0.3, 0.4) is 0 Å². The van der Waals surface area contributed by atoms with Gasteiger partial charge in [-0.3, -0.25) is 0 Å². The molecule has 5 aliphatic rings. The number of hydrogen-bond acceptors (Lipinski definition) is 7. The number of hydrogen-bond donors (Lipinski definition) is 2. The zero-order valence-electron chi connectivity index (χ0n) is 40.2. The van der Waals surface area contributed by atoms with Gasteiger partial charge in [-0.15, -0.1) is 32.8 Å². The Kier molecular flexibility index (Phi) is 11.7. The number of ether oxygens (including phenoxy) is 1. The summed E-state index contributed by atoms with van der Waals surface area (Å²) in [4.78, 5) is 37.9. The summed E-state index contributed by atoms with van der Waals surface area (Å²) in [6, 6.07) is 33.9. The summed E-state index contributed by atoms with van der Waals surface area (Å²) in [5.41, 5.74) is 7.81. The van der Waals surface area contributed by atoms with Gasteiger partial charge < -0.3 is 14.7 Å². The van der Waals surface area contributed by atoms with Gasteiger partial charge in [-0.2, -0.15) is 0 Å². The molecule has 8 bridgehead atoms. The summed E-state index contributed by atoms with van der Waals surface area (Å²) in [5.74, 6) is 3.12. The van der Waals surface area contributed by atoms with Gasteiger partial charge in [0, 0.05) is 135 Å². The van der Waals surface area contributed by atoms with Crippen LogP contribution in [0.1, 0.15) is 16.7 Å². The van der Waals surface area contributed by atoms with Gasteiger partial charge in [-0.1, -0.05) is 84.9 Å². The fourth-order valence-corrected chi connectivity index (χ4v) is 12.1. The lowest BCUT2D eigenvalue weighted by molar-refractivity contribution is 0.468. The fourth-order valence-electron chi connectivity index (χ4n) is 12.1. The van der Waals surface area contributed by atoms with Crippen molar-refractivity contribution in [3.05, 3.63) is 120 Å². The lowest BCUT2D eigenvalue weighted by Gasteiger charge is -2.27. The Morgan fingerprint density at radius 3 is 1.24 bits per heavy atom. The van der Waals surface area contributed by atoms with Crippen LogP contribution < -0.4 is 4.74 Å². The van der Waals surface area contributed by atoms with Crippen molar-refractivity contribution in [2.45, 2.75) is 52.1 Å². The van der Waals surface area contributed by atoms with Crippen molar-refractivity contribution < 1.29 is 4.74 Å². The second-order valence-electron chi connectivity index (χ2n) is 20.4. The molecular weight excluding hydrogens is 880 g/mol. The maximum atomic E-state index is 7.26. The van der Waals surface area contributed by atoms with E-state index in [0.717, 1.165) is 60.5 Å². The first-order valence-corrected chi connectivity index (χ1v) is 24.7. The molecule has 24 radical (unpaired) electrons. The molecule has 0 aliphatic carbocycles. The van der Waals surface area contributed by atoms with Gasteiger partial charge in [-0.05, 0) is 54.2 Å². The van der Waals surface area contributed by atoms with Crippen molar-refractivity contribution in [1.29, 1.82) is 0 Å². The van der Waals surface area contributed by atoms with E-state index in [1.165, 1.54) is 0 Å². The van der Waals surface area contributed by atoms with E-state index in [0.29, 0.717) is 76.6 Å². The third kappa shape index (κ3) is 7.37. The zero-order valence-corrected chi connectivity index (χ0v) is 40.2. The number of aromatic nitrogens is 8. The first-order valence-electron chi connectivity index (χ1n) is 24.7. The highest BCUT2D eigenvalue weighted by atomic mass is 16.5. The largest absolute Gasteiger partial charge is 0.457 e. The maximum Gasteiger partial charge on any atom is 0.164 e. The molecule has 6 unspecified atom stereocenters. The number of benzene rings is 5. The van der Waals surface area contributed by atoms with Crippen LogP contribution in [0.25, 0.3) is 89.7 Å². The molecule has 13 rings (SSSR count). The molecule has 5 aliphatic heterocycles. The summed E-state index contributed by atoms with van der Waals surface area (Å²) >= 11 is 0. The Morgan fingerprint density at radius 1 is 0.446 bits per heavy atom. The molecule has 3 saturated heterocycles. The number of rotatable bonds is 14. The lowest BCUT2D eigenvalue weighted by atomic mass is 8.78. The second-order valence-corrected chi connectivity index (χ2v) is 20.4. The van der Waals surface area contributed by atoms with Crippen LogP contribution >= 0.6 is 0 Å². The molecule has 2 N–H and O–H groups in total. The van der Waals surface area contributed by atoms with E-state index in [1.807, 2.05) is 91.0 Å². The fraction of sp³-hybridized carbons (Fsp3) is 0.191. The average molecular weight is 908 g/mol. The molecule has 9 nitrogen and oxygen atoms in total. The topological polar surface area (TPSA) is 118 Å². The quantitative estimate of drug-likeness (QED) is 0.160. The highest BCUT2D eigenvalue weighted by Crippen LogP contribution is 2.65. The standard InChI is InChI=1S/C47H28B18N8O/c48-57-42-45(60-51,63(42)54)18-21-15-22(19-46(61-52)43(58-49)64(46)55)33(23(16-21)20-47(62-53)44(59-50)65(47)56)74-24-13-14-31-32(17-24)41-72-39-30-12-6-5-11-29(30)37(70-39)68-35-26-8-2-1-7-25(26)34(66-35)67-36-27-9-3-4-10-28(27)38(69-36)71-40(31)73-41/h1-17,42-44H,18-20H2,(H2,66,67,68,69,70,71,72,73)/i57-1,58-1,59-1,60-1,61-1,62-1,63-1,64-1,65-1. The Morgan fingerprint density at radius 2 is 0.824 bits per heavy atom. The van der Waals surface area contributed by atoms with Gasteiger partial charge in [0.25, 0.3) is 0 Å². The molecule has 3 aromatic heterocycles. The molecule has 8 aromatic rings. The molecule has 8 heterocycles. The predicted molar refractivity (Wildman–Crippen MR) is 317 cm³/mol. The van der Waals surface area contributed by atoms with Crippen molar-refractivity contribution in [3.8, 4) is 57.1 Å². The van der Waals surface area contributed by atoms with E-state index in [-0.39, 0.29) is 37.0 Å². The Labute approximate surface area is 447 Å². The molecule has 0 saturated carbocycles. The first-order chi connectivity index (χ1) is 36.0. The van der Waals surface area contributed by atoms with Gasteiger partial charge in [0.15, 0.2) is 23.3 Å². The average Bonchev–Trinajstić information content (AvgIpc) is 4.06. The van der Waals surface area contributed by atoms with Crippen LogP contribution in [-0.2, 0) is 19.3 Å². The molecule has 3 fully saturated rings. The summed E-state index contributed by atoms with van der Waals surface area (Å²) < 4.78 is 7.26. The van der Waals surface area contributed by atoms with Crippen LogP contribution in [0.2, 0.25) is 32.8 Å².